The Morgan fingerprint density at radius 2 is 2.38 bits per heavy atom. The minimum absolute atomic E-state index is 0.116. The predicted octanol–water partition coefficient (Wildman–Crippen LogP) is 1.16. The summed E-state index contributed by atoms with van der Waals surface area (Å²) in [6, 6.07) is 4.15. The van der Waals surface area contributed by atoms with Crippen molar-refractivity contribution in [2.75, 3.05) is 11.9 Å². The molecule has 3 N–H and O–H groups in total. The maximum Gasteiger partial charge on any atom is 0.170 e. The Bertz CT molecular complexity index is 401. The van der Waals surface area contributed by atoms with Crippen molar-refractivity contribution in [3.63, 3.8) is 0 Å². The van der Waals surface area contributed by atoms with Crippen molar-refractivity contribution in [1.29, 1.82) is 0 Å². The second-order valence-electron chi connectivity index (χ2n) is 4.08. The van der Waals surface area contributed by atoms with Gasteiger partial charge in [0.1, 0.15) is 5.82 Å². The lowest BCUT2D eigenvalue weighted by Gasteiger charge is -2.35. The zero-order valence-electron chi connectivity index (χ0n) is 9.30. The molecule has 1 fully saturated rings. The summed E-state index contributed by atoms with van der Waals surface area (Å²) in [5, 5.41) is 11.6. The SMILES string of the molecule is CN(c1cc(/C(N)=N/O)ccn1)C1CCC1. The Hall–Kier alpha value is -1.78. The summed E-state index contributed by atoms with van der Waals surface area (Å²) >= 11 is 0. The van der Waals surface area contributed by atoms with Gasteiger partial charge in [0.05, 0.1) is 0 Å². The van der Waals surface area contributed by atoms with Crippen molar-refractivity contribution in [2.24, 2.45) is 10.9 Å². The number of amidine groups is 1. The van der Waals surface area contributed by atoms with E-state index in [4.69, 9.17) is 10.9 Å². The van der Waals surface area contributed by atoms with Crippen LogP contribution in [0.5, 0.6) is 0 Å². The lowest BCUT2D eigenvalue weighted by atomic mass is 9.92. The van der Waals surface area contributed by atoms with E-state index < -0.39 is 0 Å². The number of nitrogens with two attached hydrogens (primary N) is 1. The summed E-state index contributed by atoms with van der Waals surface area (Å²) in [4.78, 5) is 6.44. The van der Waals surface area contributed by atoms with E-state index >= 15 is 0 Å². The number of oxime groups is 1. The van der Waals surface area contributed by atoms with Gasteiger partial charge < -0.3 is 15.8 Å². The van der Waals surface area contributed by atoms with Crippen LogP contribution in [-0.2, 0) is 0 Å². The molecule has 1 saturated carbocycles. The summed E-state index contributed by atoms with van der Waals surface area (Å²) in [6.07, 6.45) is 5.39. The van der Waals surface area contributed by atoms with E-state index in [0.717, 1.165) is 5.82 Å². The van der Waals surface area contributed by atoms with Crippen LogP contribution in [0.4, 0.5) is 5.82 Å². The number of hydrogen-bond acceptors (Lipinski definition) is 4. The molecule has 0 unspecified atom stereocenters. The molecule has 86 valence electrons. The molecule has 0 atom stereocenters. The van der Waals surface area contributed by atoms with Crippen LogP contribution in [0.15, 0.2) is 23.5 Å². The maximum absolute atomic E-state index is 8.61. The predicted molar refractivity (Wildman–Crippen MR) is 62.8 cm³/mol. The molecule has 0 amide bonds. The van der Waals surface area contributed by atoms with E-state index in [1.165, 1.54) is 19.3 Å². The maximum atomic E-state index is 8.61. The number of nitrogens with zero attached hydrogens (tertiary/aromatic N) is 3. The molecule has 0 spiro atoms. The molecule has 1 aromatic rings. The normalized spacial score (nSPS) is 16.9. The number of rotatable bonds is 3. The highest BCUT2D eigenvalue weighted by Crippen LogP contribution is 2.27. The van der Waals surface area contributed by atoms with Gasteiger partial charge in [-0.3, -0.25) is 0 Å². The summed E-state index contributed by atoms with van der Waals surface area (Å²) < 4.78 is 0. The average molecular weight is 220 g/mol. The van der Waals surface area contributed by atoms with Crippen LogP contribution >= 0.6 is 0 Å². The van der Waals surface area contributed by atoms with E-state index in [-0.39, 0.29) is 5.84 Å². The standard InChI is InChI=1S/C11H16N4O/c1-15(9-3-2-4-9)10-7-8(5-6-13-10)11(12)14-16/h5-7,9,16H,2-4H2,1H3,(H2,12,14). The zero-order chi connectivity index (χ0) is 11.5. The molecule has 2 rings (SSSR count). The first-order valence-corrected chi connectivity index (χ1v) is 5.39. The minimum Gasteiger partial charge on any atom is -0.409 e. The van der Waals surface area contributed by atoms with E-state index in [0.29, 0.717) is 11.6 Å². The third-order valence-electron chi connectivity index (χ3n) is 3.13. The fourth-order valence-electron chi connectivity index (χ4n) is 1.79. The van der Waals surface area contributed by atoms with Gasteiger partial charge in [-0.25, -0.2) is 4.98 Å². The molecule has 5 nitrogen and oxygen atoms in total. The lowest BCUT2D eigenvalue weighted by molar-refractivity contribution is 0.318. The summed E-state index contributed by atoms with van der Waals surface area (Å²) in [5.41, 5.74) is 6.23. The highest BCUT2D eigenvalue weighted by molar-refractivity contribution is 5.97. The topological polar surface area (TPSA) is 74.7 Å². The third kappa shape index (κ3) is 1.93. The second-order valence-corrected chi connectivity index (χ2v) is 4.08. The van der Waals surface area contributed by atoms with Crippen molar-refractivity contribution in [3.05, 3.63) is 23.9 Å². The first kappa shape index (κ1) is 10.7. The van der Waals surface area contributed by atoms with Crippen LogP contribution in [0.25, 0.3) is 0 Å². The van der Waals surface area contributed by atoms with Crippen LogP contribution < -0.4 is 10.6 Å². The van der Waals surface area contributed by atoms with E-state index in [9.17, 15) is 0 Å². The molecule has 0 radical (unpaired) electrons. The third-order valence-corrected chi connectivity index (χ3v) is 3.13. The van der Waals surface area contributed by atoms with Crippen molar-refractivity contribution in [1.82, 2.24) is 4.98 Å². The van der Waals surface area contributed by atoms with Crippen LogP contribution in [0.3, 0.4) is 0 Å². The lowest BCUT2D eigenvalue weighted by Crippen LogP contribution is -2.37. The zero-order valence-corrected chi connectivity index (χ0v) is 9.30. The fraction of sp³-hybridized carbons (Fsp3) is 0.455. The molecule has 0 aromatic carbocycles. The van der Waals surface area contributed by atoms with E-state index in [1.807, 2.05) is 13.1 Å². The van der Waals surface area contributed by atoms with Crippen molar-refractivity contribution in [2.45, 2.75) is 25.3 Å². The Labute approximate surface area is 94.6 Å². The quantitative estimate of drug-likeness (QED) is 0.347. The Balaban J connectivity index is 2.21. The van der Waals surface area contributed by atoms with Gasteiger partial charge in [-0.05, 0) is 31.4 Å². The highest BCUT2D eigenvalue weighted by atomic mass is 16.4. The van der Waals surface area contributed by atoms with Gasteiger partial charge in [-0.15, -0.1) is 0 Å². The minimum atomic E-state index is 0.116. The van der Waals surface area contributed by atoms with Gasteiger partial charge in [-0.2, -0.15) is 0 Å². The van der Waals surface area contributed by atoms with Gasteiger partial charge in [-0.1, -0.05) is 5.16 Å². The molecule has 0 bridgehead atoms. The van der Waals surface area contributed by atoms with Crippen molar-refractivity contribution < 1.29 is 5.21 Å². The fourth-order valence-corrected chi connectivity index (χ4v) is 1.79. The molecule has 16 heavy (non-hydrogen) atoms. The molecular weight excluding hydrogens is 204 g/mol. The second kappa shape index (κ2) is 4.38. The first-order valence-electron chi connectivity index (χ1n) is 5.39. The number of aromatic nitrogens is 1. The average Bonchev–Trinajstić information content (AvgIpc) is 2.26. The summed E-state index contributed by atoms with van der Waals surface area (Å²) in [5.74, 6) is 0.986. The van der Waals surface area contributed by atoms with E-state index in [1.54, 1.807) is 12.3 Å². The van der Waals surface area contributed by atoms with Crippen molar-refractivity contribution in [3.8, 4) is 0 Å². The molecule has 1 aliphatic rings. The van der Waals surface area contributed by atoms with Crippen LogP contribution in [0.1, 0.15) is 24.8 Å². The highest BCUT2D eigenvalue weighted by Gasteiger charge is 2.23. The molecular formula is C11H16N4O. The number of anilines is 1. The summed E-state index contributed by atoms with van der Waals surface area (Å²) in [7, 11) is 2.03. The molecule has 1 aliphatic carbocycles. The van der Waals surface area contributed by atoms with E-state index in [2.05, 4.69) is 15.0 Å². The van der Waals surface area contributed by atoms with Crippen LogP contribution in [0, 0.1) is 0 Å². The molecule has 0 saturated heterocycles. The number of hydrogen-bond donors (Lipinski definition) is 2. The Kier molecular flexibility index (Phi) is 2.94. The monoisotopic (exact) mass is 220 g/mol. The molecule has 1 aromatic heterocycles. The smallest absolute Gasteiger partial charge is 0.170 e. The Morgan fingerprint density at radius 1 is 1.62 bits per heavy atom. The van der Waals surface area contributed by atoms with Gasteiger partial charge in [0.15, 0.2) is 5.84 Å². The van der Waals surface area contributed by atoms with Gasteiger partial charge >= 0.3 is 0 Å². The summed E-state index contributed by atoms with van der Waals surface area (Å²) in [6.45, 7) is 0. The van der Waals surface area contributed by atoms with Crippen LogP contribution in [-0.4, -0.2) is 29.1 Å². The molecule has 5 heteroatoms. The van der Waals surface area contributed by atoms with Gasteiger partial charge in [0.25, 0.3) is 0 Å². The number of pyridine rings is 1. The molecule has 0 aliphatic heterocycles. The first-order chi connectivity index (χ1) is 7.72. The van der Waals surface area contributed by atoms with Gasteiger partial charge in [0, 0.05) is 24.8 Å². The largest absolute Gasteiger partial charge is 0.409 e. The molecule has 1 heterocycles. The van der Waals surface area contributed by atoms with Crippen molar-refractivity contribution >= 4 is 11.7 Å². The van der Waals surface area contributed by atoms with Gasteiger partial charge in [0.2, 0.25) is 0 Å². The Morgan fingerprint density at radius 3 is 2.94 bits per heavy atom. The van der Waals surface area contributed by atoms with Crippen LogP contribution in [0.2, 0.25) is 0 Å².